The fourth-order valence-corrected chi connectivity index (χ4v) is 4.20. The molecule has 0 aliphatic rings. The first-order chi connectivity index (χ1) is 20.8. The third kappa shape index (κ3) is 47.1. The summed E-state index contributed by atoms with van der Waals surface area (Å²) < 4.78 is 59.1. The van der Waals surface area contributed by atoms with E-state index in [0.29, 0.717) is 79.3 Å². The van der Waals surface area contributed by atoms with E-state index in [1.165, 1.54) is 57.8 Å². The van der Waals surface area contributed by atoms with E-state index >= 15 is 0 Å². The van der Waals surface area contributed by atoms with Crippen molar-refractivity contribution < 1.29 is 160 Å². The molecular formula is C30H63K2O12P+2. The fraction of sp³-hybridized carbons (Fsp3) is 1.00. The average molecular weight is 725 g/mol. The second kappa shape index (κ2) is 41.5. The maximum Gasteiger partial charge on any atom is 1.00 e. The standard InChI is InChI=1S/C30H63O12P.2K/c1-4-5-6-7-8-9-10-11-12-13-14-34-15-16-35-17-18-36-19-20-37-21-22-38-23-24-39-25-26-40-29(2)27-41-30(3)28-42-43(31,32)33;;/h29-30H,4-28H2,1-3H3,(H2,31,32,33);;/q;2*+1. The van der Waals surface area contributed by atoms with Gasteiger partial charge >= 0.3 is 111 Å². The van der Waals surface area contributed by atoms with Crippen molar-refractivity contribution in [3.63, 3.8) is 0 Å². The first-order valence-corrected chi connectivity index (χ1v) is 17.8. The van der Waals surface area contributed by atoms with Crippen LogP contribution in [0.4, 0.5) is 0 Å². The molecule has 0 aromatic carbocycles. The van der Waals surface area contributed by atoms with E-state index in [-0.39, 0.29) is 122 Å². The number of phosphoric acid groups is 1. The Morgan fingerprint density at radius 2 is 0.800 bits per heavy atom. The van der Waals surface area contributed by atoms with Crippen molar-refractivity contribution in [2.24, 2.45) is 0 Å². The number of unbranched alkanes of at least 4 members (excludes halogenated alkanes) is 9. The summed E-state index contributed by atoms with van der Waals surface area (Å²) in [6.45, 7) is 12.8. The van der Waals surface area contributed by atoms with Crippen LogP contribution in [0.25, 0.3) is 0 Å². The summed E-state index contributed by atoms with van der Waals surface area (Å²) in [5.41, 5.74) is 0. The van der Waals surface area contributed by atoms with Crippen LogP contribution in [0.3, 0.4) is 0 Å². The molecule has 2 unspecified atom stereocenters. The largest absolute Gasteiger partial charge is 1.00 e. The van der Waals surface area contributed by atoms with Crippen molar-refractivity contribution in [3.8, 4) is 0 Å². The van der Waals surface area contributed by atoms with Crippen LogP contribution in [0, 0.1) is 0 Å². The summed E-state index contributed by atoms with van der Waals surface area (Å²) in [7, 11) is -4.48. The summed E-state index contributed by atoms with van der Waals surface area (Å²) in [4.78, 5) is 17.4. The van der Waals surface area contributed by atoms with Crippen LogP contribution in [0.1, 0.15) is 85.0 Å². The summed E-state index contributed by atoms with van der Waals surface area (Å²) >= 11 is 0. The molecule has 260 valence electrons. The number of phosphoric ester groups is 1. The van der Waals surface area contributed by atoms with E-state index in [9.17, 15) is 4.57 Å². The molecule has 0 rings (SSSR count). The zero-order chi connectivity index (χ0) is 31.7. The topological polar surface area (TPSA) is 141 Å². The van der Waals surface area contributed by atoms with Crippen molar-refractivity contribution in [3.05, 3.63) is 0 Å². The van der Waals surface area contributed by atoms with Crippen LogP contribution in [0.5, 0.6) is 0 Å². The number of hydrogen-bond acceptors (Lipinski definition) is 10. The van der Waals surface area contributed by atoms with Crippen LogP contribution in [0.2, 0.25) is 0 Å². The van der Waals surface area contributed by atoms with Crippen molar-refractivity contribution in [1.29, 1.82) is 0 Å². The Morgan fingerprint density at radius 1 is 0.467 bits per heavy atom. The third-order valence-electron chi connectivity index (χ3n) is 6.23. The molecule has 0 saturated carbocycles. The molecule has 0 aromatic heterocycles. The van der Waals surface area contributed by atoms with E-state index in [2.05, 4.69) is 11.4 Å². The van der Waals surface area contributed by atoms with Gasteiger partial charge in [0.1, 0.15) is 0 Å². The first kappa shape index (κ1) is 52.4. The van der Waals surface area contributed by atoms with Gasteiger partial charge in [0.2, 0.25) is 0 Å². The van der Waals surface area contributed by atoms with Crippen molar-refractivity contribution in [1.82, 2.24) is 0 Å². The smallest absolute Gasteiger partial charge is 0.379 e. The van der Waals surface area contributed by atoms with Gasteiger partial charge in [0.25, 0.3) is 0 Å². The van der Waals surface area contributed by atoms with Gasteiger partial charge in [-0.2, -0.15) is 0 Å². The Bertz CT molecular complexity index is 607. The molecule has 0 aliphatic carbocycles. The molecule has 0 bridgehead atoms. The van der Waals surface area contributed by atoms with Crippen molar-refractivity contribution in [2.45, 2.75) is 97.2 Å². The Morgan fingerprint density at radius 3 is 1.20 bits per heavy atom. The quantitative estimate of drug-likeness (QED) is 0.0463. The Labute approximate surface area is 358 Å². The Kier molecular flexibility index (Phi) is 48.3. The normalized spacial score (nSPS) is 12.9. The van der Waals surface area contributed by atoms with Crippen LogP contribution >= 0.6 is 7.82 Å². The van der Waals surface area contributed by atoms with Gasteiger partial charge < -0.3 is 47.7 Å². The van der Waals surface area contributed by atoms with Gasteiger partial charge in [-0.3, -0.25) is 4.52 Å². The molecule has 12 nitrogen and oxygen atoms in total. The van der Waals surface area contributed by atoms with E-state index in [4.69, 9.17) is 47.7 Å². The predicted octanol–water partition coefficient (Wildman–Crippen LogP) is -1.07. The molecule has 45 heavy (non-hydrogen) atoms. The zero-order valence-electron chi connectivity index (χ0n) is 29.3. The molecule has 0 aromatic rings. The van der Waals surface area contributed by atoms with Crippen molar-refractivity contribution in [2.75, 3.05) is 99.1 Å². The van der Waals surface area contributed by atoms with Crippen LogP contribution < -0.4 is 103 Å². The maximum atomic E-state index is 10.7. The van der Waals surface area contributed by atoms with Crippen LogP contribution in [-0.2, 0) is 47.0 Å². The molecule has 0 saturated heterocycles. The zero-order valence-corrected chi connectivity index (χ0v) is 36.4. The maximum absolute atomic E-state index is 10.7. The van der Waals surface area contributed by atoms with Gasteiger partial charge in [-0.25, -0.2) is 4.57 Å². The minimum atomic E-state index is -4.48. The van der Waals surface area contributed by atoms with Gasteiger partial charge in [-0.15, -0.1) is 0 Å². The Balaban J connectivity index is -0.00000882. The predicted molar refractivity (Wildman–Crippen MR) is 166 cm³/mol. The third-order valence-corrected chi connectivity index (χ3v) is 6.71. The minimum Gasteiger partial charge on any atom is -0.379 e. The number of rotatable bonds is 36. The van der Waals surface area contributed by atoms with Crippen molar-refractivity contribution >= 4 is 7.82 Å². The summed E-state index contributed by atoms with van der Waals surface area (Å²) in [5, 5.41) is 0. The minimum absolute atomic E-state index is 0. The molecule has 0 spiro atoms. The molecule has 2 atom stereocenters. The second-order valence-electron chi connectivity index (χ2n) is 10.5. The molecule has 0 amide bonds. The Hall–Kier alpha value is 3.06. The summed E-state index contributed by atoms with van der Waals surface area (Å²) in [6.07, 6.45) is 12.7. The van der Waals surface area contributed by atoms with Gasteiger partial charge in [-0.1, -0.05) is 64.7 Å². The van der Waals surface area contributed by atoms with Gasteiger partial charge in [0, 0.05) is 6.61 Å². The van der Waals surface area contributed by atoms with E-state index in [0.717, 1.165) is 13.0 Å². The number of hydrogen-bond donors (Lipinski definition) is 2. The first-order valence-electron chi connectivity index (χ1n) is 16.2. The molecular weight excluding hydrogens is 661 g/mol. The summed E-state index contributed by atoms with van der Waals surface area (Å²) in [5.74, 6) is 0. The van der Waals surface area contributed by atoms with E-state index in [1.807, 2.05) is 6.92 Å². The molecule has 0 fully saturated rings. The van der Waals surface area contributed by atoms with Gasteiger partial charge in [0.05, 0.1) is 105 Å². The van der Waals surface area contributed by atoms with Crippen LogP contribution in [0.15, 0.2) is 0 Å². The monoisotopic (exact) mass is 724 g/mol. The van der Waals surface area contributed by atoms with Gasteiger partial charge in [-0.05, 0) is 20.3 Å². The average Bonchev–Trinajstić information content (AvgIpc) is 2.97. The van der Waals surface area contributed by atoms with Gasteiger partial charge in [0.15, 0.2) is 0 Å². The van der Waals surface area contributed by atoms with E-state index in [1.54, 1.807) is 6.92 Å². The SMILES string of the molecule is CCCCCCCCCCCCOCCOCCOCCOCCOCCOCCOC(C)COC(C)COP(=O)(O)O.[K+].[K+]. The molecule has 0 aliphatic heterocycles. The van der Waals surface area contributed by atoms with E-state index < -0.39 is 13.9 Å². The fourth-order valence-electron chi connectivity index (χ4n) is 3.80. The van der Waals surface area contributed by atoms with Crippen LogP contribution in [-0.4, -0.2) is 121 Å². The molecule has 0 heterocycles. The second-order valence-corrected chi connectivity index (χ2v) is 11.7. The number of ether oxygens (including phenoxy) is 8. The molecule has 0 radical (unpaired) electrons. The molecule has 15 heteroatoms. The molecule has 2 N–H and O–H groups in total. The summed E-state index contributed by atoms with van der Waals surface area (Å²) in [6, 6.07) is 0.